The molecule has 0 aromatic heterocycles. The number of methoxy groups -OCH3 is 1. The summed E-state index contributed by atoms with van der Waals surface area (Å²) >= 11 is 0. The number of halogens is 9. The molecule has 1 heterocycles. The summed E-state index contributed by atoms with van der Waals surface area (Å²) in [5.74, 6) is 0. The van der Waals surface area contributed by atoms with E-state index < -0.39 is 90.2 Å². The zero-order chi connectivity index (χ0) is 27.4. The average Bonchev–Trinajstić information content (AvgIpc) is 2.61. The standard InChI is InChI=1S/C17H33F9O5Si4/c1-27-10-6-11-32(2)28-33(3,12-7-15(18,19)20)30-35(5,14-9-17(24,25)26)31-34(4,29-32)13-8-16(21,22)23/h6-14H2,1-5H3. The van der Waals surface area contributed by atoms with E-state index in [1.54, 1.807) is 0 Å². The summed E-state index contributed by atoms with van der Waals surface area (Å²) in [7, 11) is -13.7. The van der Waals surface area contributed by atoms with E-state index in [1.165, 1.54) is 33.3 Å². The second-order valence-electron chi connectivity index (χ2n) is 9.39. The van der Waals surface area contributed by atoms with Crippen molar-refractivity contribution in [1.82, 2.24) is 0 Å². The normalized spacial score (nSPS) is 33.4. The molecule has 0 amide bonds. The Kier molecular flexibility index (Phi) is 11.2. The van der Waals surface area contributed by atoms with Crippen LogP contribution >= 0.6 is 0 Å². The van der Waals surface area contributed by atoms with E-state index in [2.05, 4.69) is 0 Å². The molecular formula is C17H33F9O5Si4. The molecule has 0 spiro atoms. The summed E-state index contributed by atoms with van der Waals surface area (Å²) in [5, 5.41) is 0. The maximum absolute atomic E-state index is 13.0. The lowest BCUT2D eigenvalue weighted by Gasteiger charge is -2.50. The molecule has 18 heteroatoms. The van der Waals surface area contributed by atoms with Gasteiger partial charge in [-0.3, -0.25) is 0 Å². The van der Waals surface area contributed by atoms with Gasteiger partial charge in [0.05, 0.1) is 0 Å². The second kappa shape index (κ2) is 11.8. The van der Waals surface area contributed by atoms with Gasteiger partial charge in [0, 0.05) is 33.0 Å². The summed E-state index contributed by atoms with van der Waals surface area (Å²) in [6, 6.07) is -1.73. The quantitative estimate of drug-likeness (QED) is 0.150. The van der Waals surface area contributed by atoms with Gasteiger partial charge in [-0.15, -0.1) is 0 Å². The van der Waals surface area contributed by atoms with E-state index in [1.807, 2.05) is 0 Å². The fourth-order valence-corrected chi connectivity index (χ4v) is 27.0. The minimum Gasteiger partial charge on any atom is -0.416 e. The minimum absolute atomic E-state index is 0.178. The Morgan fingerprint density at radius 2 is 0.771 bits per heavy atom. The van der Waals surface area contributed by atoms with Gasteiger partial charge >= 0.3 is 52.8 Å². The first-order valence-corrected chi connectivity index (χ1v) is 21.1. The first-order valence-electron chi connectivity index (χ1n) is 11.0. The van der Waals surface area contributed by atoms with E-state index in [0.29, 0.717) is 6.42 Å². The first-order chi connectivity index (χ1) is 15.5. The van der Waals surface area contributed by atoms with Crippen molar-refractivity contribution >= 4 is 34.2 Å². The summed E-state index contributed by atoms with van der Waals surface area (Å²) in [5.41, 5.74) is 0. The molecule has 5 nitrogen and oxygen atoms in total. The molecule has 0 saturated carbocycles. The van der Waals surface area contributed by atoms with Crippen LogP contribution in [0.3, 0.4) is 0 Å². The number of ether oxygens (including phenoxy) is 1. The molecule has 35 heavy (non-hydrogen) atoms. The Morgan fingerprint density at radius 1 is 0.514 bits per heavy atom. The van der Waals surface area contributed by atoms with Crippen LogP contribution in [-0.2, 0) is 21.2 Å². The van der Waals surface area contributed by atoms with Crippen molar-refractivity contribution in [2.24, 2.45) is 0 Å². The van der Waals surface area contributed by atoms with Crippen molar-refractivity contribution in [1.29, 1.82) is 0 Å². The highest BCUT2D eigenvalue weighted by molar-refractivity contribution is 6.93. The first kappa shape index (κ1) is 33.1. The zero-order valence-electron chi connectivity index (χ0n) is 20.3. The monoisotopic (exact) mass is 600 g/mol. The Labute approximate surface area is 203 Å². The summed E-state index contributed by atoms with van der Waals surface area (Å²) < 4.78 is 147. The van der Waals surface area contributed by atoms with Crippen molar-refractivity contribution in [2.75, 3.05) is 13.7 Å². The molecule has 1 fully saturated rings. The van der Waals surface area contributed by atoms with Gasteiger partial charge in [-0.1, -0.05) is 0 Å². The fraction of sp³-hybridized carbons (Fsp3) is 1.00. The van der Waals surface area contributed by atoms with Gasteiger partial charge in [-0.25, -0.2) is 0 Å². The van der Waals surface area contributed by atoms with Crippen molar-refractivity contribution in [3.05, 3.63) is 0 Å². The van der Waals surface area contributed by atoms with Crippen molar-refractivity contribution in [3.63, 3.8) is 0 Å². The fourth-order valence-electron chi connectivity index (χ4n) is 3.96. The SMILES string of the molecule is COCCC[Si]1(C)O[Si](C)(CCC(F)(F)F)O[Si](C)(CCC(F)(F)F)O[Si](C)(CCC(F)(F)F)O1. The summed E-state index contributed by atoms with van der Waals surface area (Å²) in [6.07, 6.45) is -17.3. The van der Waals surface area contributed by atoms with Gasteiger partial charge in [0.25, 0.3) is 0 Å². The van der Waals surface area contributed by atoms with E-state index in [9.17, 15) is 39.5 Å². The number of hydrogen-bond acceptors (Lipinski definition) is 5. The van der Waals surface area contributed by atoms with E-state index in [0.717, 1.165) is 0 Å². The maximum atomic E-state index is 13.0. The molecule has 0 aromatic rings. The van der Waals surface area contributed by atoms with Gasteiger partial charge in [0.1, 0.15) is 0 Å². The Bertz CT molecular complexity index is 644. The third-order valence-corrected chi connectivity index (χ3v) is 23.8. The van der Waals surface area contributed by atoms with Crippen LogP contribution in [0.1, 0.15) is 25.7 Å². The van der Waals surface area contributed by atoms with E-state index in [-0.39, 0.29) is 12.7 Å². The molecule has 2 atom stereocenters. The largest absolute Gasteiger partial charge is 0.416 e. The molecule has 210 valence electrons. The Morgan fingerprint density at radius 3 is 1.00 bits per heavy atom. The highest BCUT2D eigenvalue weighted by Crippen LogP contribution is 2.42. The Hall–Kier alpha value is 0.0375. The van der Waals surface area contributed by atoms with E-state index >= 15 is 0 Å². The lowest BCUT2D eigenvalue weighted by atomic mass is 10.5. The maximum Gasteiger partial charge on any atom is 0.389 e. The van der Waals surface area contributed by atoms with Crippen LogP contribution in [0.15, 0.2) is 0 Å². The molecule has 1 rings (SSSR count). The average molecular weight is 601 g/mol. The number of hydrogen-bond donors (Lipinski definition) is 0. The predicted molar refractivity (Wildman–Crippen MR) is 119 cm³/mol. The zero-order valence-corrected chi connectivity index (χ0v) is 24.3. The number of rotatable bonds is 10. The molecule has 2 unspecified atom stereocenters. The molecule has 0 N–H and O–H groups in total. The van der Waals surface area contributed by atoms with Crippen LogP contribution in [-0.4, -0.2) is 66.5 Å². The van der Waals surface area contributed by atoms with Crippen molar-refractivity contribution in [3.8, 4) is 0 Å². The third kappa shape index (κ3) is 13.4. The molecule has 0 bridgehead atoms. The summed E-state index contributed by atoms with van der Waals surface area (Å²) in [6.45, 7) is 5.65. The lowest BCUT2D eigenvalue weighted by Crippen LogP contribution is -2.67. The molecule has 1 aliphatic heterocycles. The minimum atomic E-state index is -4.62. The topological polar surface area (TPSA) is 46.2 Å². The summed E-state index contributed by atoms with van der Waals surface area (Å²) in [4.78, 5) is 0. The van der Waals surface area contributed by atoms with Gasteiger partial charge in [0.15, 0.2) is 0 Å². The smallest absolute Gasteiger partial charge is 0.389 e. The molecule has 0 aromatic carbocycles. The van der Waals surface area contributed by atoms with Crippen molar-refractivity contribution < 1.29 is 60.7 Å². The van der Waals surface area contributed by atoms with Gasteiger partial charge < -0.3 is 21.2 Å². The van der Waals surface area contributed by atoms with Gasteiger partial charge in [-0.05, 0) is 56.8 Å². The highest BCUT2D eigenvalue weighted by atomic mass is 28.5. The molecule has 0 radical (unpaired) electrons. The van der Waals surface area contributed by atoms with Crippen molar-refractivity contribution in [2.45, 2.75) is 94.6 Å². The number of alkyl halides is 9. The van der Waals surface area contributed by atoms with Crippen LogP contribution in [0.4, 0.5) is 39.5 Å². The second-order valence-corrected chi connectivity index (χ2v) is 23.7. The highest BCUT2D eigenvalue weighted by Gasteiger charge is 2.58. The molecule has 1 saturated heterocycles. The Balaban J connectivity index is 3.42. The predicted octanol–water partition coefficient (Wildman–Crippen LogP) is 7.25. The van der Waals surface area contributed by atoms with Crippen LogP contribution in [0.2, 0.25) is 50.4 Å². The van der Waals surface area contributed by atoms with Gasteiger partial charge in [-0.2, -0.15) is 39.5 Å². The van der Waals surface area contributed by atoms with Crippen LogP contribution < -0.4 is 0 Å². The third-order valence-electron chi connectivity index (χ3n) is 5.29. The van der Waals surface area contributed by atoms with Crippen LogP contribution in [0, 0.1) is 0 Å². The molecular weight excluding hydrogens is 568 g/mol. The van der Waals surface area contributed by atoms with Crippen LogP contribution in [0.25, 0.3) is 0 Å². The lowest BCUT2D eigenvalue weighted by molar-refractivity contribution is -0.132. The van der Waals surface area contributed by atoms with Crippen LogP contribution in [0.5, 0.6) is 0 Å². The van der Waals surface area contributed by atoms with E-state index in [4.69, 9.17) is 21.2 Å². The molecule has 0 aliphatic carbocycles. The van der Waals surface area contributed by atoms with Gasteiger partial charge in [0.2, 0.25) is 0 Å². The molecule has 1 aliphatic rings.